The average Bonchev–Trinajstić information content (AvgIpc) is 2.05. The fourth-order valence-electron chi connectivity index (χ4n) is 0.908. The molecule has 0 spiro atoms. The second kappa shape index (κ2) is 7.55. The van der Waals surface area contributed by atoms with Crippen LogP contribution in [0.2, 0.25) is 0 Å². The standard InChI is InChI=1S/C8H10N2O2.2ClH/c9-2-1-6-3-7(8(11)12)5-10-4-6;;/h3-5H,1-2,9H2,(H,11,12);2*1H. The van der Waals surface area contributed by atoms with Crippen LogP contribution in [0.5, 0.6) is 0 Å². The minimum Gasteiger partial charge on any atom is -0.478 e. The predicted molar refractivity (Wildman–Crippen MR) is 58.5 cm³/mol. The third-order valence-corrected chi connectivity index (χ3v) is 1.47. The fourth-order valence-corrected chi connectivity index (χ4v) is 0.908. The first-order valence-electron chi connectivity index (χ1n) is 3.61. The van der Waals surface area contributed by atoms with Gasteiger partial charge in [-0.25, -0.2) is 4.79 Å². The number of aromatic nitrogens is 1. The highest BCUT2D eigenvalue weighted by Gasteiger charge is 2.02. The highest BCUT2D eigenvalue weighted by molar-refractivity contribution is 5.87. The molecule has 0 amide bonds. The van der Waals surface area contributed by atoms with Crippen LogP contribution in [-0.2, 0) is 6.42 Å². The molecule has 1 aromatic rings. The SMILES string of the molecule is Cl.Cl.NCCc1cncc(C(=O)O)c1. The molecule has 1 aromatic heterocycles. The molecule has 4 nitrogen and oxygen atoms in total. The van der Waals surface area contributed by atoms with Crippen molar-refractivity contribution >= 4 is 30.8 Å². The largest absolute Gasteiger partial charge is 0.478 e. The van der Waals surface area contributed by atoms with Gasteiger partial charge in [0.1, 0.15) is 0 Å². The molecule has 0 aromatic carbocycles. The summed E-state index contributed by atoms with van der Waals surface area (Å²) in [6.07, 6.45) is 3.61. The highest BCUT2D eigenvalue weighted by atomic mass is 35.5. The summed E-state index contributed by atoms with van der Waals surface area (Å²) >= 11 is 0. The summed E-state index contributed by atoms with van der Waals surface area (Å²) in [6, 6.07) is 1.59. The number of aromatic carboxylic acids is 1. The van der Waals surface area contributed by atoms with Crippen LogP contribution < -0.4 is 5.73 Å². The summed E-state index contributed by atoms with van der Waals surface area (Å²) in [5, 5.41) is 8.61. The molecule has 1 heterocycles. The molecule has 0 fully saturated rings. The third kappa shape index (κ3) is 4.41. The summed E-state index contributed by atoms with van der Waals surface area (Å²) in [7, 11) is 0. The Balaban J connectivity index is 0. The lowest BCUT2D eigenvalue weighted by atomic mass is 10.1. The van der Waals surface area contributed by atoms with E-state index in [1.54, 1.807) is 12.3 Å². The zero-order valence-corrected chi connectivity index (χ0v) is 8.98. The first kappa shape index (κ1) is 15.6. The molecule has 6 heteroatoms. The van der Waals surface area contributed by atoms with Gasteiger partial charge in [-0.3, -0.25) is 4.98 Å². The fraction of sp³-hybridized carbons (Fsp3) is 0.250. The monoisotopic (exact) mass is 238 g/mol. The number of halogens is 2. The van der Waals surface area contributed by atoms with E-state index in [1.807, 2.05) is 0 Å². The molecule has 14 heavy (non-hydrogen) atoms. The molecular formula is C8H12Cl2N2O2. The van der Waals surface area contributed by atoms with Crippen LogP contribution >= 0.6 is 24.8 Å². The lowest BCUT2D eigenvalue weighted by Crippen LogP contribution is -2.05. The first-order chi connectivity index (χ1) is 5.74. The van der Waals surface area contributed by atoms with Gasteiger partial charge in [0, 0.05) is 12.4 Å². The van der Waals surface area contributed by atoms with Crippen LogP contribution in [0.1, 0.15) is 15.9 Å². The van der Waals surface area contributed by atoms with E-state index in [2.05, 4.69) is 4.98 Å². The lowest BCUT2D eigenvalue weighted by molar-refractivity contribution is 0.0696. The third-order valence-electron chi connectivity index (χ3n) is 1.47. The van der Waals surface area contributed by atoms with Gasteiger partial charge in [0.2, 0.25) is 0 Å². The first-order valence-corrected chi connectivity index (χ1v) is 3.61. The van der Waals surface area contributed by atoms with Crippen molar-refractivity contribution in [3.63, 3.8) is 0 Å². The second-order valence-corrected chi connectivity index (χ2v) is 2.43. The Morgan fingerprint density at radius 3 is 2.57 bits per heavy atom. The summed E-state index contributed by atoms with van der Waals surface area (Å²) in [5.41, 5.74) is 6.38. The Morgan fingerprint density at radius 1 is 1.43 bits per heavy atom. The minimum atomic E-state index is -0.957. The summed E-state index contributed by atoms with van der Waals surface area (Å²) in [4.78, 5) is 14.3. The van der Waals surface area contributed by atoms with Crippen LogP contribution in [0.15, 0.2) is 18.5 Å². The number of nitrogens with two attached hydrogens (primary N) is 1. The topological polar surface area (TPSA) is 76.2 Å². The van der Waals surface area contributed by atoms with E-state index < -0.39 is 5.97 Å². The molecule has 0 unspecified atom stereocenters. The van der Waals surface area contributed by atoms with Crippen molar-refractivity contribution < 1.29 is 9.90 Å². The van der Waals surface area contributed by atoms with E-state index in [-0.39, 0.29) is 30.4 Å². The Kier molecular flexibility index (Phi) is 8.43. The molecule has 0 bridgehead atoms. The Hall–Kier alpha value is -0.840. The zero-order chi connectivity index (χ0) is 8.97. The van der Waals surface area contributed by atoms with Crippen molar-refractivity contribution in [3.8, 4) is 0 Å². The number of nitrogens with zero attached hydrogens (tertiary/aromatic N) is 1. The number of carboxylic acids is 1. The maximum Gasteiger partial charge on any atom is 0.337 e. The number of hydrogen-bond donors (Lipinski definition) is 2. The van der Waals surface area contributed by atoms with Crippen LogP contribution in [0.3, 0.4) is 0 Å². The Labute approximate surface area is 94.3 Å². The van der Waals surface area contributed by atoms with Gasteiger partial charge in [0.15, 0.2) is 0 Å². The molecule has 0 saturated carbocycles. The smallest absolute Gasteiger partial charge is 0.337 e. The molecule has 80 valence electrons. The van der Waals surface area contributed by atoms with E-state index in [1.165, 1.54) is 6.20 Å². The van der Waals surface area contributed by atoms with Crippen LogP contribution in [0.4, 0.5) is 0 Å². The van der Waals surface area contributed by atoms with Crippen molar-refractivity contribution in [2.45, 2.75) is 6.42 Å². The highest BCUT2D eigenvalue weighted by Crippen LogP contribution is 2.02. The molecular weight excluding hydrogens is 227 g/mol. The van der Waals surface area contributed by atoms with E-state index in [0.29, 0.717) is 13.0 Å². The number of rotatable bonds is 3. The van der Waals surface area contributed by atoms with Crippen LogP contribution in [-0.4, -0.2) is 22.6 Å². The Bertz CT molecular complexity index is 294. The van der Waals surface area contributed by atoms with Gasteiger partial charge in [-0.15, -0.1) is 24.8 Å². The Morgan fingerprint density at radius 2 is 2.07 bits per heavy atom. The van der Waals surface area contributed by atoms with Crippen molar-refractivity contribution in [3.05, 3.63) is 29.6 Å². The molecule has 0 saturated heterocycles. The summed E-state index contributed by atoms with van der Waals surface area (Å²) in [5.74, 6) is -0.957. The van der Waals surface area contributed by atoms with E-state index in [0.717, 1.165) is 5.56 Å². The van der Waals surface area contributed by atoms with Crippen LogP contribution in [0, 0.1) is 0 Å². The summed E-state index contributed by atoms with van der Waals surface area (Å²) < 4.78 is 0. The van der Waals surface area contributed by atoms with Crippen molar-refractivity contribution in [1.82, 2.24) is 4.98 Å². The summed E-state index contributed by atoms with van der Waals surface area (Å²) in [6.45, 7) is 0.505. The van der Waals surface area contributed by atoms with E-state index in [4.69, 9.17) is 10.8 Å². The maximum atomic E-state index is 10.5. The van der Waals surface area contributed by atoms with Gasteiger partial charge in [0.05, 0.1) is 5.56 Å². The minimum absolute atomic E-state index is 0. The van der Waals surface area contributed by atoms with Crippen molar-refractivity contribution in [2.24, 2.45) is 5.73 Å². The molecule has 0 radical (unpaired) electrons. The van der Waals surface area contributed by atoms with E-state index in [9.17, 15) is 4.79 Å². The quantitative estimate of drug-likeness (QED) is 0.828. The van der Waals surface area contributed by atoms with Crippen molar-refractivity contribution in [2.75, 3.05) is 6.54 Å². The molecule has 3 N–H and O–H groups in total. The van der Waals surface area contributed by atoms with Gasteiger partial charge in [-0.1, -0.05) is 0 Å². The molecule has 0 aliphatic heterocycles. The van der Waals surface area contributed by atoms with Gasteiger partial charge in [-0.2, -0.15) is 0 Å². The molecule has 1 rings (SSSR count). The number of hydrogen-bond acceptors (Lipinski definition) is 3. The normalized spacial score (nSPS) is 8.36. The van der Waals surface area contributed by atoms with Gasteiger partial charge < -0.3 is 10.8 Å². The number of carboxylic acid groups (broad SMARTS) is 1. The van der Waals surface area contributed by atoms with Crippen LogP contribution in [0.25, 0.3) is 0 Å². The van der Waals surface area contributed by atoms with Crippen molar-refractivity contribution in [1.29, 1.82) is 0 Å². The van der Waals surface area contributed by atoms with Gasteiger partial charge in [0.25, 0.3) is 0 Å². The predicted octanol–water partition coefficient (Wildman–Crippen LogP) is 1.12. The molecule has 0 aliphatic carbocycles. The molecule has 0 atom stereocenters. The number of carbonyl (C=O) groups is 1. The lowest BCUT2D eigenvalue weighted by Gasteiger charge is -1.98. The van der Waals surface area contributed by atoms with E-state index >= 15 is 0 Å². The average molecular weight is 239 g/mol. The maximum absolute atomic E-state index is 10.5. The second-order valence-electron chi connectivity index (χ2n) is 2.43. The zero-order valence-electron chi connectivity index (χ0n) is 7.34. The molecule has 0 aliphatic rings. The number of pyridine rings is 1. The van der Waals surface area contributed by atoms with Gasteiger partial charge >= 0.3 is 5.97 Å². The van der Waals surface area contributed by atoms with Gasteiger partial charge in [-0.05, 0) is 24.6 Å².